The van der Waals surface area contributed by atoms with Crippen LogP contribution in [0.2, 0.25) is 5.02 Å². The van der Waals surface area contributed by atoms with E-state index in [1.54, 1.807) is 46.0 Å². The van der Waals surface area contributed by atoms with E-state index in [0.717, 1.165) is 0 Å². The lowest BCUT2D eigenvalue weighted by molar-refractivity contribution is 0.0212. The maximum atomic E-state index is 13.7. The Labute approximate surface area is 182 Å². The maximum Gasteiger partial charge on any atom is 0.411 e. The zero-order valence-corrected chi connectivity index (χ0v) is 19.3. The Morgan fingerprint density at radius 2 is 1.97 bits per heavy atom. The highest BCUT2D eigenvalue weighted by Crippen LogP contribution is 2.33. The summed E-state index contributed by atoms with van der Waals surface area (Å²) < 4.78 is 32.9. The van der Waals surface area contributed by atoms with Crippen molar-refractivity contribution >= 4 is 38.3 Å². The number of halogens is 1. The van der Waals surface area contributed by atoms with Gasteiger partial charge in [0.05, 0.1) is 9.92 Å². The fraction of sp³-hybridized carbons (Fsp3) is 0.524. The van der Waals surface area contributed by atoms with Gasteiger partial charge in [-0.2, -0.15) is 0 Å². The first-order valence-corrected chi connectivity index (χ1v) is 11.8. The van der Waals surface area contributed by atoms with Crippen LogP contribution in [0.3, 0.4) is 0 Å². The number of ether oxygens (including phenoxy) is 1. The molecule has 0 aliphatic rings. The number of aromatic nitrogens is 1. The lowest BCUT2D eigenvalue weighted by Crippen LogP contribution is -2.47. The number of carbonyl (C=O) groups is 1. The third kappa shape index (κ3) is 5.62. The van der Waals surface area contributed by atoms with Crippen molar-refractivity contribution in [3.8, 4) is 0 Å². The summed E-state index contributed by atoms with van der Waals surface area (Å²) in [6.07, 6.45) is 3.30. The van der Waals surface area contributed by atoms with E-state index in [1.807, 2.05) is 0 Å². The monoisotopic (exact) mass is 456 g/mol. The number of fused-ring (bicyclic) bond motifs is 1. The second-order valence-corrected chi connectivity index (χ2v) is 10.5. The van der Waals surface area contributed by atoms with Crippen molar-refractivity contribution < 1.29 is 23.1 Å². The fourth-order valence-electron chi connectivity index (χ4n) is 3.22. The Kier molecular flexibility index (Phi) is 8.07. The molecule has 166 valence electrons. The molecule has 0 aliphatic carbocycles. The van der Waals surface area contributed by atoms with Crippen molar-refractivity contribution in [2.75, 3.05) is 13.2 Å². The fourth-order valence-corrected chi connectivity index (χ4v) is 5.58. The average molecular weight is 457 g/mol. The van der Waals surface area contributed by atoms with Gasteiger partial charge in [-0.15, -0.1) is 0 Å². The Bertz CT molecular complexity index is 983. The van der Waals surface area contributed by atoms with Crippen molar-refractivity contribution in [1.82, 2.24) is 9.88 Å². The number of hydrogen-bond acceptors (Lipinski definition) is 6. The molecule has 0 bridgehead atoms. The standard InChI is InChI=1S/C21H29ClN2O5S/c1-5-18(24(11-6-7-12-25)20(26)29-21(2,3)4)30(27,28)17-10-8-9-15-13-23-14-16(22)19(15)17/h8-10,13-14,18,25H,5-7,11-12H2,1-4H3. The molecular weight excluding hydrogens is 428 g/mol. The van der Waals surface area contributed by atoms with E-state index in [0.29, 0.717) is 23.6 Å². The van der Waals surface area contributed by atoms with E-state index >= 15 is 0 Å². The molecule has 0 saturated carbocycles. The summed E-state index contributed by atoms with van der Waals surface area (Å²) in [6, 6.07) is 4.86. The molecule has 0 spiro atoms. The number of rotatable bonds is 8. The van der Waals surface area contributed by atoms with Crippen LogP contribution in [0.15, 0.2) is 35.5 Å². The van der Waals surface area contributed by atoms with E-state index in [2.05, 4.69) is 4.98 Å². The second-order valence-electron chi connectivity index (χ2n) is 7.99. The second kappa shape index (κ2) is 9.94. The molecule has 1 heterocycles. The average Bonchev–Trinajstić information content (AvgIpc) is 2.65. The minimum Gasteiger partial charge on any atom is -0.444 e. The summed E-state index contributed by atoms with van der Waals surface area (Å²) >= 11 is 6.29. The van der Waals surface area contributed by atoms with Gasteiger partial charge in [-0.25, -0.2) is 13.2 Å². The lowest BCUT2D eigenvalue weighted by atomic mass is 10.2. The molecule has 1 N–H and O–H groups in total. The molecule has 0 aliphatic heterocycles. The van der Waals surface area contributed by atoms with Crippen LogP contribution in [0.4, 0.5) is 4.79 Å². The summed E-state index contributed by atoms with van der Waals surface area (Å²) in [6.45, 7) is 6.99. The van der Waals surface area contributed by atoms with Crippen LogP contribution in [-0.4, -0.2) is 53.6 Å². The van der Waals surface area contributed by atoms with Crippen molar-refractivity contribution in [2.24, 2.45) is 0 Å². The van der Waals surface area contributed by atoms with Gasteiger partial charge < -0.3 is 9.84 Å². The van der Waals surface area contributed by atoms with E-state index < -0.39 is 26.9 Å². The minimum absolute atomic E-state index is 0.0440. The maximum absolute atomic E-state index is 13.7. The molecule has 0 radical (unpaired) electrons. The Morgan fingerprint density at radius 3 is 2.57 bits per heavy atom. The van der Waals surface area contributed by atoms with E-state index in [-0.39, 0.29) is 29.5 Å². The number of nitrogens with zero attached hydrogens (tertiary/aromatic N) is 2. The summed E-state index contributed by atoms with van der Waals surface area (Å²) in [5, 5.41) is 9.18. The Hall–Kier alpha value is -1.90. The first kappa shape index (κ1) is 24.4. The number of amides is 1. The van der Waals surface area contributed by atoms with Crippen LogP contribution in [0, 0.1) is 0 Å². The summed E-state index contributed by atoms with van der Waals surface area (Å²) in [7, 11) is -3.99. The van der Waals surface area contributed by atoms with Crippen LogP contribution in [0.25, 0.3) is 10.8 Å². The number of pyridine rings is 1. The largest absolute Gasteiger partial charge is 0.444 e. The van der Waals surface area contributed by atoms with Gasteiger partial charge in [0.25, 0.3) is 0 Å². The number of unbranched alkanes of at least 4 members (excludes halogenated alkanes) is 1. The molecule has 1 atom stereocenters. The van der Waals surface area contributed by atoms with Gasteiger partial charge in [0, 0.05) is 36.3 Å². The highest BCUT2D eigenvalue weighted by Gasteiger charge is 2.37. The topological polar surface area (TPSA) is 96.8 Å². The van der Waals surface area contributed by atoms with Gasteiger partial charge in [-0.1, -0.05) is 30.7 Å². The first-order valence-electron chi connectivity index (χ1n) is 9.89. The molecule has 30 heavy (non-hydrogen) atoms. The molecule has 9 heteroatoms. The molecule has 1 aromatic heterocycles. The zero-order valence-electron chi connectivity index (χ0n) is 17.8. The number of sulfone groups is 1. The molecule has 1 amide bonds. The van der Waals surface area contributed by atoms with Crippen molar-refractivity contribution in [3.63, 3.8) is 0 Å². The van der Waals surface area contributed by atoms with Gasteiger partial charge in [0.15, 0.2) is 9.84 Å². The number of benzene rings is 1. The summed E-state index contributed by atoms with van der Waals surface area (Å²) in [5.41, 5.74) is -0.775. The normalized spacial score (nSPS) is 13.3. The van der Waals surface area contributed by atoms with Gasteiger partial charge in [-0.05, 0) is 46.1 Å². The molecule has 1 aromatic carbocycles. The van der Waals surface area contributed by atoms with Crippen LogP contribution in [0.1, 0.15) is 47.0 Å². The highest BCUT2D eigenvalue weighted by molar-refractivity contribution is 7.92. The van der Waals surface area contributed by atoms with Gasteiger partial charge in [0.1, 0.15) is 11.0 Å². The predicted molar refractivity (Wildman–Crippen MR) is 117 cm³/mol. The van der Waals surface area contributed by atoms with Gasteiger partial charge in [0.2, 0.25) is 0 Å². The Morgan fingerprint density at radius 1 is 1.27 bits per heavy atom. The third-order valence-corrected chi connectivity index (χ3v) is 7.04. The lowest BCUT2D eigenvalue weighted by Gasteiger charge is -2.33. The highest BCUT2D eigenvalue weighted by atomic mass is 35.5. The van der Waals surface area contributed by atoms with Crippen LogP contribution in [0.5, 0.6) is 0 Å². The Balaban J connectivity index is 2.55. The number of hydrogen-bond donors (Lipinski definition) is 1. The van der Waals surface area contributed by atoms with Crippen LogP contribution < -0.4 is 0 Å². The number of aliphatic hydroxyl groups excluding tert-OH is 1. The summed E-state index contributed by atoms with van der Waals surface area (Å²) in [4.78, 5) is 18.2. The van der Waals surface area contributed by atoms with E-state index in [1.165, 1.54) is 17.2 Å². The van der Waals surface area contributed by atoms with Crippen molar-refractivity contribution in [3.05, 3.63) is 35.6 Å². The predicted octanol–water partition coefficient (Wildman–Crippen LogP) is 4.41. The molecule has 2 rings (SSSR count). The third-order valence-electron chi connectivity index (χ3n) is 4.50. The number of aliphatic hydroxyl groups is 1. The molecular formula is C21H29ClN2O5S. The minimum atomic E-state index is -3.99. The van der Waals surface area contributed by atoms with Gasteiger partial charge >= 0.3 is 6.09 Å². The van der Waals surface area contributed by atoms with Crippen LogP contribution in [-0.2, 0) is 14.6 Å². The van der Waals surface area contributed by atoms with Gasteiger partial charge in [-0.3, -0.25) is 9.88 Å². The summed E-state index contributed by atoms with van der Waals surface area (Å²) in [5.74, 6) is 0. The van der Waals surface area contributed by atoms with Crippen molar-refractivity contribution in [2.45, 2.75) is 62.8 Å². The quantitative estimate of drug-likeness (QED) is 0.591. The van der Waals surface area contributed by atoms with Crippen LogP contribution >= 0.6 is 11.6 Å². The molecule has 7 nitrogen and oxygen atoms in total. The van der Waals surface area contributed by atoms with Crippen molar-refractivity contribution in [1.29, 1.82) is 0 Å². The molecule has 0 saturated heterocycles. The first-order chi connectivity index (χ1) is 14.0. The zero-order chi connectivity index (χ0) is 22.5. The van der Waals surface area contributed by atoms with E-state index in [9.17, 15) is 13.2 Å². The smallest absolute Gasteiger partial charge is 0.411 e. The molecule has 0 fully saturated rings. The molecule has 1 unspecified atom stereocenters. The van der Waals surface area contributed by atoms with E-state index in [4.69, 9.17) is 21.4 Å². The molecule has 2 aromatic rings. The SMILES string of the molecule is CCC(N(CCCCO)C(=O)OC(C)(C)C)S(=O)(=O)c1cccc2cncc(Cl)c12. The number of carbonyl (C=O) groups excluding carboxylic acids is 1.